The lowest BCUT2D eigenvalue weighted by Crippen LogP contribution is -2.45. The molecule has 1 aromatic rings. The van der Waals surface area contributed by atoms with Gasteiger partial charge in [0.1, 0.15) is 0 Å². The van der Waals surface area contributed by atoms with Gasteiger partial charge in [0.05, 0.1) is 17.7 Å². The SMILES string of the molecule is C=CC(c1ccc(C#N)cc1)N1CCN(C)CC1. The van der Waals surface area contributed by atoms with Gasteiger partial charge in [-0.15, -0.1) is 6.58 Å². The molecule has 18 heavy (non-hydrogen) atoms. The molecule has 2 rings (SSSR count). The average molecular weight is 241 g/mol. The number of hydrogen-bond acceptors (Lipinski definition) is 3. The molecule has 0 bridgehead atoms. The molecule has 0 saturated carbocycles. The fourth-order valence-corrected chi connectivity index (χ4v) is 2.35. The third-order valence-corrected chi connectivity index (χ3v) is 3.54. The largest absolute Gasteiger partial charge is 0.304 e. The monoisotopic (exact) mass is 241 g/mol. The van der Waals surface area contributed by atoms with Crippen molar-refractivity contribution in [2.75, 3.05) is 33.2 Å². The Bertz CT molecular complexity index is 436. The second kappa shape index (κ2) is 5.81. The number of nitriles is 1. The standard InChI is InChI=1S/C15H19N3/c1-3-15(18-10-8-17(2)9-11-18)14-6-4-13(12-16)5-7-14/h3-7,15H,1,8-11H2,2H3. The first-order chi connectivity index (χ1) is 8.74. The molecule has 3 nitrogen and oxygen atoms in total. The first kappa shape index (κ1) is 12.8. The molecule has 0 aliphatic carbocycles. The third kappa shape index (κ3) is 2.79. The summed E-state index contributed by atoms with van der Waals surface area (Å²) in [4.78, 5) is 4.78. The van der Waals surface area contributed by atoms with E-state index in [4.69, 9.17) is 5.26 Å². The van der Waals surface area contributed by atoms with Gasteiger partial charge >= 0.3 is 0 Å². The van der Waals surface area contributed by atoms with Crippen molar-refractivity contribution in [1.29, 1.82) is 5.26 Å². The lowest BCUT2D eigenvalue weighted by Gasteiger charge is -2.36. The Labute approximate surface area is 109 Å². The molecule has 1 saturated heterocycles. The van der Waals surface area contributed by atoms with Crippen LogP contribution in [-0.2, 0) is 0 Å². The van der Waals surface area contributed by atoms with Crippen LogP contribution in [0.5, 0.6) is 0 Å². The summed E-state index contributed by atoms with van der Waals surface area (Å²) in [7, 11) is 2.15. The zero-order valence-corrected chi connectivity index (χ0v) is 10.8. The van der Waals surface area contributed by atoms with Crippen LogP contribution < -0.4 is 0 Å². The van der Waals surface area contributed by atoms with Gasteiger partial charge in [0.2, 0.25) is 0 Å². The molecule has 1 aliphatic rings. The predicted octanol–water partition coefficient (Wildman–Crippen LogP) is 2.03. The summed E-state index contributed by atoms with van der Waals surface area (Å²) >= 11 is 0. The van der Waals surface area contributed by atoms with Crippen LogP contribution in [0.1, 0.15) is 17.2 Å². The van der Waals surface area contributed by atoms with Crippen LogP contribution in [0.25, 0.3) is 0 Å². The highest BCUT2D eigenvalue weighted by atomic mass is 15.3. The van der Waals surface area contributed by atoms with Crippen molar-refractivity contribution in [2.24, 2.45) is 0 Å². The first-order valence-electron chi connectivity index (χ1n) is 6.30. The second-order valence-corrected chi connectivity index (χ2v) is 4.75. The highest BCUT2D eigenvalue weighted by Gasteiger charge is 2.21. The zero-order chi connectivity index (χ0) is 13.0. The molecule has 1 unspecified atom stereocenters. The van der Waals surface area contributed by atoms with Gasteiger partial charge in [-0.05, 0) is 24.7 Å². The average Bonchev–Trinajstić information content (AvgIpc) is 2.42. The Morgan fingerprint density at radius 1 is 1.22 bits per heavy atom. The highest BCUT2D eigenvalue weighted by Crippen LogP contribution is 2.23. The molecule has 0 radical (unpaired) electrons. The van der Waals surface area contributed by atoms with Gasteiger partial charge in [-0.25, -0.2) is 0 Å². The molecule has 0 amide bonds. The first-order valence-corrected chi connectivity index (χ1v) is 6.30. The number of nitrogens with zero attached hydrogens (tertiary/aromatic N) is 3. The normalized spacial score (nSPS) is 19.1. The number of hydrogen-bond donors (Lipinski definition) is 0. The quantitative estimate of drug-likeness (QED) is 0.759. The van der Waals surface area contributed by atoms with E-state index in [1.807, 2.05) is 30.3 Å². The molecule has 1 atom stereocenters. The fraction of sp³-hybridized carbons (Fsp3) is 0.400. The lowest BCUT2D eigenvalue weighted by atomic mass is 10.0. The molecule has 3 heteroatoms. The highest BCUT2D eigenvalue weighted by molar-refractivity contribution is 5.34. The Morgan fingerprint density at radius 2 is 1.83 bits per heavy atom. The molecule has 0 aromatic heterocycles. The van der Waals surface area contributed by atoms with Crippen LogP contribution in [0.3, 0.4) is 0 Å². The Kier molecular flexibility index (Phi) is 4.14. The summed E-state index contributed by atoms with van der Waals surface area (Å²) in [6.45, 7) is 8.27. The summed E-state index contributed by atoms with van der Waals surface area (Å²) in [6, 6.07) is 10.2. The number of rotatable bonds is 3. The van der Waals surface area contributed by atoms with Crippen molar-refractivity contribution in [3.8, 4) is 6.07 Å². The van der Waals surface area contributed by atoms with E-state index < -0.39 is 0 Å². The molecule has 0 spiro atoms. The molecule has 1 aliphatic heterocycles. The van der Waals surface area contributed by atoms with Crippen LogP contribution in [0.4, 0.5) is 0 Å². The molecule has 1 fully saturated rings. The maximum Gasteiger partial charge on any atom is 0.0991 e. The molecular weight excluding hydrogens is 222 g/mol. The summed E-state index contributed by atoms with van der Waals surface area (Å²) in [5, 5.41) is 8.82. The van der Waals surface area contributed by atoms with E-state index in [9.17, 15) is 0 Å². The Hall–Kier alpha value is -1.63. The maximum atomic E-state index is 8.82. The zero-order valence-electron chi connectivity index (χ0n) is 10.8. The van der Waals surface area contributed by atoms with Gasteiger partial charge in [0, 0.05) is 26.2 Å². The van der Waals surface area contributed by atoms with Crippen LogP contribution >= 0.6 is 0 Å². The summed E-state index contributed by atoms with van der Waals surface area (Å²) in [5.74, 6) is 0. The van der Waals surface area contributed by atoms with Crippen LogP contribution in [-0.4, -0.2) is 43.0 Å². The van der Waals surface area contributed by atoms with Gasteiger partial charge in [0.15, 0.2) is 0 Å². The minimum atomic E-state index is 0.256. The molecule has 1 aromatic carbocycles. The van der Waals surface area contributed by atoms with Crippen LogP contribution in [0, 0.1) is 11.3 Å². The van der Waals surface area contributed by atoms with Gasteiger partial charge < -0.3 is 4.90 Å². The van der Waals surface area contributed by atoms with E-state index in [1.54, 1.807) is 0 Å². The van der Waals surface area contributed by atoms with E-state index in [1.165, 1.54) is 5.56 Å². The minimum Gasteiger partial charge on any atom is -0.304 e. The van der Waals surface area contributed by atoms with Gasteiger partial charge in [-0.1, -0.05) is 18.2 Å². The maximum absolute atomic E-state index is 8.82. The van der Waals surface area contributed by atoms with Gasteiger partial charge in [0.25, 0.3) is 0 Å². The number of benzene rings is 1. The fourth-order valence-electron chi connectivity index (χ4n) is 2.35. The van der Waals surface area contributed by atoms with Crippen LogP contribution in [0.15, 0.2) is 36.9 Å². The van der Waals surface area contributed by atoms with Crippen molar-refractivity contribution in [1.82, 2.24) is 9.80 Å². The topological polar surface area (TPSA) is 30.3 Å². The van der Waals surface area contributed by atoms with E-state index in [-0.39, 0.29) is 6.04 Å². The van der Waals surface area contributed by atoms with E-state index >= 15 is 0 Å². The van der Waals surface area contributed by atoms with Crippen LogP contribution in [0.2, 0.25) is 0 Å². The second-order valence-electron chi connectivity index (χ2n) is 4.75. The third-order valence-electron chi connectivity index (χ3n) is 3.54. The molecule has 1 heterocycles. The van der Waals surface area contributed by atoms with Gasteiger partial charge in [-0.3, -0.25) is 4.90 Å². The van der Waals surface area contributed by atoms with Crippen molar-refractivity contribution in [3.05, 3.63) is 48.0 Å². The summed E-state index contributed by atoms with van der Waals surface area (Å²) in [6.07, 6.45) is 1.99. The van der Waals surface area contributed by atoms with E-state index in [0.29, 0.717) is 5.56 Å². The van der Waals surface area contributed by atoms with Crippen molar-refractivity contribution in [2.45, 2.75) is 6.04 Å². The van der Waals surface area contributed by atoms with E-state index in [2.05, 4.69) is 29.5 Å². The molecule has 94 valence electrons. The van der Waals surface area contributed by atoms with Crippen molar-refractivity contribution < 1.29 is 0 Å². The smallest absolute Gasteiger partial charge is 0.0991 e. The molecule has 0 N–H and O–H groups in total. The van der Waals surface area contributed by atoms with Gasteiger partial charge in [-0.2, -0.15) is 5.26 Å². The van der Waals surface area contributed by atoms with Crippen molar-refractivity contribution >= 4 is 0 Å². The predicted molar refractivity (Wildman–Crippen MR) is 73.2 cm³/mol. The Morgan fingerprint density at radius 3 is 2.33 bits per heavy atom. The Balaban J connectivity index is 2.12. The number of likely N-dealkylation sites (N-methyl/N-ethyl adjacent to an activating group) is 1. The molecular formula is C15H19N3. The van der Waals surface area contributed by atoms with Crippen molar-refractivity contribution in [3.63, 3.8) is 0 Å². The summed E-state index contributed by atoms with van der Waals surface area (Å²) in [5.41, 5.74) is 1.92. The summed E-state index contributed by atoms with van der Waals surface area (Å²) < 4.78 is 0. The van der Waals surface area contributed by atoms with E-state index in [0.717, 1.165) is 26.2 Å². The minimum absolute atomic E-state index is 0.256. The lowest BCUT2D eigenvalue weighted by molar-refractivity contribution is 0.130. The number of piperazine rings is 1.